The van der Waals surface area contributed by atoms with Crippen molar-refractivity contribution in [2.24, 2.45) is 5.92 Å². The minimum atomic E-state index is -0.972. The lowest BCUT2D eigenvalue weighted by Gasteiger charge is -2.19. The van der Waals surface area contributed by atoms with Crippen LogP contribution in [0.4, 0.5) is 0 Å². The Balaban J connectivity index is 2.28. The first-order chi connectivity index (χ1) is 10.4. The maximum atomic E-state index is 11.8. The molecular formula is C15H20N2O5. The highest BCUT2D eigenvalue weighted by Gasteiger charge is 2.17. The van der Waals surface area contributed by atoms with Crippen LogP contribution in [0.5, 0.6) is 5.75 Å². The maximum absolute atomic E-state index is 11.8. The van der Waals surface area contributed by atoms with E-state index in [0.29, 0.717) is 5.75 Å². The van der Waals surface area contributed by atoms with Crippen LogP contribution in [0.2, 0.25) is 0 Å². The number of para-hydroxylation sites is 1. The van der Waals surface area contributed by atoms with Gasteiger partial charge in [-0.3, -0.25) is 14.4 Å². The van der Waals surface area contributed by atoms with Crippen LogP contribution in [0.1, 0.15) is 6.92 Å². The lowest BCUT2D eigenvalue weighted by atomic mass is 10.2. The molecule has 2 amide bonds. The molecule has 0 saturated heterocycles. The van der Waals surface area contributed by atoms with E-state index >= 15 is 0 Å². The Morgan fingerprint density at radius 1 is 1.27 bits per heavy atom. The largest absolute Gasteiger partial charge is 0.484 e. The van der Waals surface area contributed by atoms with Crippen LogP contribution >= 0.6 is 0 Å². The number of hydrogen-bond donors (Lipinski definition) is 2. The van der Waals surface area contributed by atoms with Crippen molar-refractivity contribution >= 4 is 17.8 Å². The third-order valence-electron chi connectivity index (χ3n) is 2.94. The number of amides is 2. The van der Waals surface area contributed by atoms with Crippen molar-refractivity contribution in [2.75, 3.05) is 26.7 Å². The molecule has 0 aliphatic carbocycles. The van der Waals surface area contributed by atoms with Gasteiger partial charge in [0, 0.05) is 13.6 Å². The predicted molar refractivity (Wildman–Crippen MR) is 79.4 cm³/mol. The second-order valence-corrected chi connectivity index (χ2v) is 4.89. The molecule has 0 aromatic heterocycles. The van der Waals surface area contributed by atoms with E-state index in [9.17, 15) is 14.4 Å². The molecule has 2 N–H and O–H groups in total. The quantitative estimate of drug-likeness (QED) is 0.723. The first-order valence-corrected chi connectivity index (χ1v) is 6.81. The summed E-state index contributed by atoms with van der Waals surface area (Å²) in [4.78, 5) is 35.3. The van der Waals surface area contributed by atoms with Crippen LogP contribution < -0.4 is 10.1 Å². The SMILES string of the molecule is CC(CN(C)C(=O)CNC(=O)COc1ccccc1)C(=O)O. The van der Waals surface area contributed by atoms with Gasteiger partial charge in [0.05, 0.1) is 12.5 Å². The molecule has 7 heteroatoms. The molecule has 7 nitrogen and oxygen atoms in total. The van der Waals surface area contributed by atoms with E-state index in [1.807, 2.05) is 6.07 Å². The Labute approximate surface area is 128 Å². The number of nitrogens with zero attached hydrogens (tertiary/aromatic N) is 1. The fourth-order valence-electron chi connectivity index (χ4n) is 1.62. The van der Waals surface area contributed by atoms with Gasteiger partial charge in [-0.1, -0.05) is 25.1 Å². The average Bonchev–Trinajstić information content (AvgIpc) is 2.51. The molecule has 0 bridgehead atoms. The number of carboxylic acids is 1. The summed E-state index contributed by atoms with van der Waals surface area (Å²) in [6.45, 7) is 1.22. The van der Waals surface area contributed by atoms with Crippen molar-refractivity contribution in [1.29, 1.82) is 0 Å². The molecule has 0 spiro atoms. The Hall–Kier alpha value is -2.57. The summed E-state index contributed by atoms with van der Waals surface area (Å²) >= 11 is 0. The molecule has 0 heterocycles. The van der Waals surface area contributed by atoms with Crippen molar-refractivity contribution < 1.29 is 24.2 Å². The van der Waals surface area contributed by atoms with Gasteiger partial charge in [0.2, 0.25) is 5.91 Å². The van der Waals surface area contributed by atoms with Gasteiger partial charge in [0.15, 0.2) is 6.61 Å². The highest BCUT2D eigenvalue weighted by Crippen LogP contribution is 2.07. The van der Waals surface area contributed by atoms with Gasteiger partial charge in [-0.25, -0.2) is 0 Å². The van der Waals surface area contributed by atoms with Gasteiger partial charge in [-0.2, -0.15) is 0 Å². The van der Waals surface area contributed by atoms with Crippen molar-refractivity contribution in [3.8, 4) is 5.75 Å². The standard InChI is InChI=1S/C15H20N2O5/c1-11(15(20)21)9-17(2)14(19)8-16-13(18)10-22-12-6-4-3-5-7-12/h3-7,11H,8-10H2,1-2H3,(H,16,18)(H,20,21). The molecule has 1 rings (SSSR count). The number of rotatable bonds is 8. The Bertz CT molecular complexity index is 518. The minimum Gasteiger partial charge on any atom is -0.484 e. The minimum absolute atomic E-state index is 0.0878. The number of carbonyl (C=O) groups excluding carboxylic acids is 2. The second kappa shape index (κ2) is 8.66. The molecule has 0 saturated carbocycles. The van der Waals surface area contributed by atoms with E-state index in [1.165, 1.54) is 18.9 Å². The number of carboxylic acid groups (broad SMARTS) is 1. The zero-order valence-corrected chi connectivity index (χ0v) is 12.6. The normalized spacial score (nSPS) is 11.4. The Kier molecular flexibility index (Phi) is 6.88. The number of likely N-dealkylation sites (N-methyl/N-ethyl adjacent to an activating group) is 1. The van der Waals surface area contributed by atoms with Crippen LogP contribution in [-0.2, 0) is 14.4 Å². The van der Waals surface area contributed by atoms with Crippen LogP contribution in [0.15, 0.2) is 30.3 Å². The third kappa shape index (κ3) is 6.25. The predicted octanol–water partition coefficient (Wildman–Crippen LogP) is 0.361. The first kappa shape index (κ1) is 17.5. The van der Waals surface area contributed by atoms with Crippen LogP contribution in [0.3, 0.4) is 0 Å². The second-order valence-electron chi connectivity index (χ2n) is 4.89. The van der Waals surface area contributed by atoms with Crippen molar-refractivity contribution in [3.05, 3.63) is 30.3 Å². The van der Waals surface area contributed by atoms with E-state index in [0.717, 1.165) is 0 Å². The number of carbonyl (C=O) groups is 3. The molecule has 120 valence electrons. The van der Waals surface area contributed by atoms with E-state index in [4.69, 9.17) is 9.84 Å². The van der Waals surface area contributed by atoms with Gasteiger partial charge >= 0.3 is 5.97 Å². The summed E-state index contributed by atoms with van der Waals surface area (Å²) in [7, 11) is 1.49. The van der Waals surface area contributed by atoms with Gasteiger partial charge < -0.3 is 20.1 Å². The first-order valence-electron chi connectivity index (χ1n) is 6.81. The average molecular weight is 308 g/mol. The molecule has 1 unspecified atom stereocenters. The lowest BCUT2D eigenvalue weighted by molar-refractivity contribution is -0.143. The summed E-state index contributed by atoms with van der Waals surface area (Å²) < 4.78 is 5.24. The zero-order valence-electron chi connectivity index (χ0n) is 12.6. The Morgan fingerprint density at radius 3 is 2.50 bits per heavy atom. The summed E-state index contributed by atoms with van der Waals surface area (Å²) in [6, 6.07) is 8.85. The molecule has 1 aromatic carbocycles. The maximum Gasteiger partial charge on any atom is 0.308 e. The smallest absolute Gasteiger partial charge is 0.308 e. The Morgan fingerprint density at radius 2 is 1.91 bits per heavy atom. The van der Waals surface area contributed by atoms with Gasteiger partial charge in [-0.15, -0.1) is 0 Å². The fraction of sp³-hybridized carbons (Fsp3) is 0.400. The van der Waals surface area contributed by atoms with Crippen LogP contribution in [0, 0.1) is 5.92 Å². The highest BCUT2D eigenvalue weighted by molar-refractivity contribution is 5.85. The van der Waals surface area contributed by atoms with Crippen LogP contribution in [0.25, 0.3) is 0 Å². The van der Waals surface area contributed by atoms with Gasteiger partial charge in [0.1, 0.15) is 5.75 Å². The zero-order chi connectivity index (χ0) is 16.5. The number of hydrogen-bond acceptors (Lipinski definition) is 4. The number of aliphatic carboxylic acids is 1. The fourth-order valence-corrected chi connectivity index (χ4v) is 1.62. The summed E-state index contributed by atoms with van der Waals surface area (Å²) in [5.74, 6) is -1.85. The molecule has 1 atom stereocenters. The molecular weight excluding hydrogens is 288 g/mol. The monoisotopic (exact) mass is 308 g/mol. The number of ether oxygens (including phenoxy) is 1. The van der Waals surface area contributed by atoms with E-state index in [2.05, 4.69) is 5.32 Å². The lowest BCUT2D eigenvalue weighted by Crippen LogP contribution is -2.42. The molecule has 22 heavy (non-hydrogen) atoms. The summed E-state index contributed by atoms with van der Waals surface area (Å²) in [5.41, 5.74) is 0. The number of benzene rings is 1. The summed E-state index contributed by atoms with van der Waals surface area (Å²) in [6.07, 6.45) is 0. The molecule has 0 radical (unpaired) electrons. The van der Waals surface area contributed by atoms with E-state index in [-0.39, 0.29) is 25.6 Å². The van der Waals surface area contributed by atoms with Crippen molar-refractivity contribution in [2.45, 2.75) is 6.92 Å². The molecule has 0 fully saturated rings. The van der Waals surface area contributed by atoms with Gasteiger partial charge in [-0.05, 0) is 12.1 Å². The van der Waals surface area contributed by atoms with Crippen LogP contribution in [-0.4, -0.2) is 54.5 Å². The number of nitrogens with one attached hydrogen (secondary N) is 1. The van der Waals surface area contributed by atoms with Crippen molar-refractivity contribution in [3.63, 3.8) is 0 Å². The summed E-state index contributed by atoms with van der Waals surface area (Å²) in [5, 5.41) is 11.2. The molecule has 0 aliphatic heterocycles. The van der Waals surface area contributed by atoms with E-state index < -0.39 is 17.8 Å². The third-order valence-corrected chi connectivity index (χ3v) is 2.94. The molecule has 1 aromatic rings. The molecule has 0 aliphatic rings. The topological polar surface area (TPSA) is 95.9 Å². The van der Waals surface area contributed by atoms with E-state index in [1.54, 1.807) is 24.3 Å². The highest BCUT2D eigenvalue weighted by atomic mass is 16.5. The van der Waals surface area contributed by atoms with Gasteiger partial charge in [0.25, 0.3) is 5.91 Å². The van der Waals surface area contributed by atoms with Crippen molar-refractivity contribution in [1.82, 2.24) is 10.2 Å².